The molecule has 0 saturated carbocycles. The second-order valence-corrected chi connectivity index (χ2v) is 4.18. The lowest BCUT2D eigenvalue weighted by molar-refractivity contribution is -0.0500. The highest BCUT2D eigenvalue weighted by Crippen LogP contribution is 2.30. The Morgan fingerprint density at radius 3 is 2.65 bits per heavy atom. The summed E-state index contributed by atoms with van der Waals surface area (Å²) >= 11 is 5.87. The molecule has 7 heteroatoms. The molecule has 1 aromatic carbocycles. The molecular weight excluding hydrogens is 288 g/mol. The van der Waals surface area contributed by atoms with E-state index in [1.54, 1.807) is 6.92 Å². The lowest BCUT2D eigenvalue weighted by Gasteiger charge is -2.13. The normalized spacial score (nSPS) is 12.4. The van der Waals surface area contributed by atoms with Crippen LogP contribution in [0.5, 0.6) is 5.75 Å². The van der Waals surface area contributed by atoms with Crippen molar-refractivity contribution in [2.24, 2.45) is 10.7 Å². The molecule has 0 amide bonds. The highest BCUT2D eigenvalue weighted by molar-refractivity contribution is 6.31. The van der Waals surface area contributed by atoms with Crippen molar-refractivity contribution in [3.63, 3.8) is 0 Å². The number of ether oxygens (including phenoxy) is 1. The molecular formula is C13H12ClF2N3O. The Bertz CT molecular complexity index is 606. The maximum atomic E-state index is 12.4. The van der Waals surface area contributed by atoms with Gasteiger partial charge in [0.2, 0.25) is 0 Å². The number of rotatable bonds is 4. The fraction of sp³-hybridized carbons (Fsp3) is 0.231. The molecule has 4 nitrogen and oxygen atoms in total. The van der Waals surface area contributed by atoms with Crippen LogP contribution >= 0.6 is 11.6 Å². The van der Waals surface area contributed by atoms with Crippen LogP contribution < -0.4 is 10.5 Å². The number of hydrogen-bond donors (Lipinski definition) is 1. The minimum Gasteiger partial charge on any atom is -0.433 e. The Hall–Kier alpha value is -2.13. The summed E-state index contributed by atoms with van der Waals surface area (Å²) in [6.07, 6.45) is 1.30. The number of halogens is 3. The van der Waals surface area contributed by atoms with Crippen molar-refractivity contribution < 1.29 is 13.5 Å². The minimum atomic E-state index is -3.05. The molecule has 2 N–H and O–H groups in total. The van der Waals surface area contributed by atoms with Gasteiger partial charge in [-0.2, -0.15) is 14.0 Å². The number of allylic oxidation sites excluding steroid dienone is 1. The van der Waals surface area contributed by atoms with Crippen molar-refractivity contribution in [1.29, 1.82) is 5.26 Å². The first kappa shape index (κ1) is 15.9. The molecule has 106 valence electrons. The van der Waals surface area contributed by atoms with E-state index in [0.29, 0.717) is 11.3 Å². The second-order valence-electron chi connectivity index (χ2n) is 3.74. The first-order valence-corrected chi connectivity index (χ1v) is 5.86. The van der Waals surface area contributed by atoms with Gasteiger partial charge in [-0.05, 0) is 24.8 Å². The summed E-state index contributed by atoms with van der Waals surface area (Å²) in [5.41, 5.74) is 6.60. The van der Waals surface area contributed by atoms with Gasteiger partial charge < -0.3 is 10.5 Å². The molecule has 0 fully saturated rings. The lowest BCUT2D eigenvalue weighted by atomic mass is 9.98. The molecule has 0 aliphatic rings. The summed E-state index contributed by atoms with van der Waals surface area (Å²) in [5.74, 6) is -0.295. The van der Waals surface area contributed by atoms with Gasteiger partial charge in [0.05, 0.1) is 5.71 Å². The topological polar surface area (TPSA) is 71.4 Å². The first-order chi connectivity index (χ1) is 9.44. The van der Waals surface area contributed by atoms with E-state index in [1.165, 1.54) is 19.3 Å². The molecule has 0 bridgehead atoms. The fourth-order valence-corrected chi connectivity index (χ4v) is 1.87. The zero-order valence-electron chi connectivity index (χ0n) is 10.8. The van der Waals surface area contributed by atoms with E-state index in [9.17, 15) is 14.0 Å². The molecule has 0 radical (unpaired) electrons. The molecule has 0 aliphatic carbocycles. The van der Waals surface area contributed by atoms with E-state index in [2.05, 4.69) is 9.73 Å². The van der Waals surface area contributed by atoms with E-state index >= 15 is 0 Å². The monoisotopic (exact) mass is 299 g/mol. The van der Waals surface area contributed by atoms with Gasteiger partial charge in [-0.1, -0.05) is 11.6 Å². The number of hydrogen-bond acceptors (Lipinski definition) is 4. The summed E-state index contributed by atoms with van der Waals surface area (Å²) in [6, 6.07) is 4.43. The number of aliphatic imine (C=N–C) groups is 1. The van der Waals surface area contributed by atoms with Crippen molar-refractivity contribution in [3.8, 4) is 11.8 Å². The van der Waals surface area contributed by atoms with Gasteiger partial charge in [0.15, 0.2) is 0 Å². The smallest absolute Gasteiger partial charge is 0.387 e. The largest absolute Gasteiger partial charge is 0.433 e. The van der Waals surface area contributed by atoms with E-state index < -0.39 is 6.61 Å². The molecule has 0 atom stereocenters. The van der Waals surface area contributed by atoms with Crippen molar-refractivity contribution >= 4 is 17.3 Å². The number of alkyl halides is 2. The van der Waals surface area contributed by atoms with E-state index in [-0.39, 0.29) is 21.9 Å². The van der Waals surface area contributed by atoms with Gasteiger partial charge in [-0.3, -0.25) is 4.99 Å². The molecule has 0 unspecified atom stereocenters. The molecule has 0 saturated heterocycles. The second kappa shape index (κ2) is 6.87. The van der Waals surface area contributed by atoms with Crippen molar-refractivity contribution in [2.45, 2.75) is 13.5 Å². The minimum absolute atomic E-state index is 0.0727. The number of nitrogens with zero attached hydrogens (tertiary/aromatic N) is 2. The molecule has 1 rings (SSSR count). The molecule has 0 spiro atoms. The molecule has 20 heavy (non-hydrogen) atoms. The Labute approximate surface area is 120 Å². The van der Waals surface area contributed by atoms with Gasteiger partial charge in [0, 0.05) is 23.7 Å². The van der Waals surface area contributed by atoms with Gasteiger partial charge in [0.25, 0.3) is 0 Å². The molecule has 0 heterocycles. The van der Waals surface area contributed by atoms with E-state index in [0.717, 1.165) is 6.07 Å². The van der Waals surface area contributed by atoms with E-state index in [1.807, 2.05) is 6.07 Å². The van der Waals surface area contributed by atoms with E-state index in [4.69, 9.17) is 17.3 Å². The maximum Gasteiger partial charge on any atom is 0.387 e. The maximum absolute atomic E-state index is 12.4. The van der Waals surface area contributed by atoms with Crippen molar-refractivity contribution in [3.05, 3.63) is 40.1 Å². The summed E-state index contributed by atoms with van der Waals surface area (Å²) in [4.78, 5) is 4.01. The highest BCUT2D eigenvalue weighted by Gasteiger charge is 2.19. The summed E-state index contributed by atoms with van der Waals surface area (Å²) < 4.78 is 29.1. The van der Waals surface area contributed by atoms with Crippen molar-refractivity contribution in [1.82, 2.24) is 0 Å². The Morgan fingerprint density at radius 2 is 2.20 bits per heavy atom. The van der Waals surface area contributed by atoms with Gasteiger partial charge in [-0.25, -0.2) is 0 Å². The number of nitriles is 1. The molecule has 0 aromatic heterocycles. The fourth-order valence-electron chi connectivity index (χ4n) is 1.66. The number of benzene rings is 1. The third-order valence-corrected chi connectivity index (χ3v) is 2.72. The summed E-state index contributed by atoms with van der Waals surface area (Å²) in [5, 5.41) is 9.33. The Balaban J connectivity index is 3.55. The average Bonchev–Trinajstić information content (AvgIpc) is 2.38. The standard InChI is InChI=1S/C13H12ClF2N3O/c1-7(5-17)12(19-2)9-3-8(14)4-11(10(9)6-18)20-13(15)16/h3-5,13H,17H2,1-2H3. The zero-order chi connectivity index (χ0) is 15.3. The third kappa shape index (κ3) is 3.45. The SMILES string of the molecule is CN=C(C(C)=CN)c1cc(Cl)cc(OC(F)F)c1C#N. The van der Waals surface area contributed by atoms with Crippen LogP contribution in [0.1, 0.15) is 18.1 Å². The zero-order valence-corrected chi connectivity index (χ0v) is 11.6. The van der Waals surface area contributed by atoms with Crippen LogP contribution in [0, 0.1) is 11.3 Å². The average molecular weight is 300 g/mol. The third-order valence-electron chi connectivity index (χ3n) is 2.50. The first-order valence-electron chi connectivity index (χ1n) is 5.49. The summed E-state index contributed by atoms with van der Waals surface area (Å²) in [7, 11) is 1.50. The molecule has 0 aliphatic heterocycles. The Morgan fingerprint density at radius 1 is 1.55 bits per heavy atom. The van der Waals surface area contributed by atoms with Crippen LogP contribution in [0.4, 0.5) is 8.78 Å². The van der Waals surface area contributed by atoms with Crippen LogP contribution in [0.15, 0.2) is 28.9 Å². The van der Waals surface area contributed by atoms with Gasteiger partial charge in [0.1, 0.15) is 17.4 Å². The van der Waals surface area contributed by atoms with Gasteiger partial charge >= 0.3 is 6.61 Å². The number of nitrogens with two attached hydrogens (primary N) is 1. The van der Waals surface area contributed by atoms with Crippen LogP contribution in [-0.4, -0.2) is 19.4 Å². The quantitative estimate of drug-likeness (QED) is 0.868. The predicted molar refractivity (Wildman–Crippen MR) is 73.2 cm³/mol. The van der Waals surface area contributed by atoms with Gasteiger partial charge in [-0.15, -0.1) is 0 Å². The summed E-state index contributed by atoms with van der Waals surface area (Å²) in [6.45, 7) is -1.38. The highest BCUT2D eigenvalue weighted by atomic mass is 35.5. The van der Waals surface area contributed by atoms with Crippen molar-refractivity contribution in [2.75, 3.05) is 7.05 Å². The van der Waals surface area contributed by atoms with Crippen LogP contribution in [-0.2, 0) is 0 Å². The molecule has 1 aromatic rings. The van der Waals surface area contributed by atoms with Crippen LogP contribution in [0.2, 0.25) is 5.02 Å². The van der Waals surface area contributed by atoms with Crippen LogP contribution in [0.25, 0.3) is 0 Å². The van der Waals surface area contributed by atoms with Crippen LogP contribution in [0.3, 0.4) is 0 Å². The lowest BCUT2D eigenvalue weighted by Crippen LogP contribution is -2.10. The predicted octanol–water partition coefficient (Wildman–Crippen LogP) is 3.09. The Kier molecular flexibility index (Phi) is 5.47.